The highest BCUT2D eigenvalue weighted by molar-refractivity contribution is 14.1. The monoisotopic (exact) mass is 254 g/mol. The molecule has 1 unspecified atom stereocenters. The predicted molar refractivity (Wildman–Crippen MR) is 53.3 cm³/mol. The van der Waals surface area contributed by atoms with E-state index in [0.717, 1.165) is 19.3 Å². The van der Waals surface area contributed by atoms with Crippen molar-refractivity contribution in [2.24, 2.45) is 0 Å². The molecule has 1 atom stereocenters. The number of aliphatic hydroxyl groups is 1. The van der Waals surface area contributed by atoms with E-state index in [4.69, 9.17) is 0 Å². The quantitative estimate of drug-likeness (QED) is 0.748. The smallest absolute Gasteiger partial charge is 0.0574 e. The molecule has 0 aromatic carbocycles. The first-order valence-corrected chi connectivity index (χ1v) is 4.99. The van der Waals surface area contributed by atoms with Crippen molar-refractivity contribution < 1.29 is 5.11 Å². The molecule has 2 heteroatoms. The van der Waals surface area contributed by atoms with Crippen molar-refractivity contribution in [2.45, 2.75) is 38.7 Å². The van der Waals surface area contributed by atoms with Crippen LogP contribution in [0.3, 0.4) is 0 Å². The van der Waals surface area contributed by atoms with Gasteiger partial charge in [0.15, 0.2) is 0 Å². The molecule has 0 aliphatic carbocycles. The Morgan fingerprint density at radius 2 is 2.30 bits per heavy atom. The Kier molecular flexibility index (Phi) is 7.86. The normalized spacial score (nSPS) is 14.3. The average molecular weight is 254 g/mol. The van der Waals surface area contributed by atoms with Crippen molar-refractivity contribution in [3.05, 3.63) is 10.2 Å². The van der Waals surface area contributed by atoms with Gasteiger partial charge < -0.3 is 5.11 Å². The maximum Gasteiger partial charge on any atom is 0.0574 e. The molecule has 0 fully saturated rings. The van der Waals surface area contributed by atoms with Crippen molar-refractivity contribution in [1.29, 1.82) is 0 Å². The zero-order valence-corrected chi connectivity index (χ0v) is 8.54. The molecular formula is C8H15IO. The minimum atomic E-state index is -0.119. The van der Waals surface area contributed by atoms with Gasteiger partial charge >= 0.3 is 0 Å². The largest absolute Gasteiger partial charge is 0.393 e. The van der Waals surface area contributed by atoms with Gasteiger partial charge in [-0.1, -0.05) is 48.4 Å². The summed E-state index contributed by atoms with van der Waals surface area (Å²) >= 11 is 2.17. The first-order chi connectivity index (χ1) is 4.81. The van der Waals surface area contributed by atoms with Gasteiger partial charge in [-0.3, -0.25) is 0 Å². The number of rotatable bonds is 5. The molecule has 0 aromatic rings. The lowest BCUT2D eigenvalue weighted by molar-refractivity contribution is 0.164. The van der Waals surface area contributed by atoms with Crippen molar-refractivity contribution >= 4 is 22.6 Å². The van der Waals surface area contributed by atoms with Crippen LogP contribution < -0.4 is 0 Å². The van der Waals surface area contributed by atoms with Crippen LogP contribution in [0.5, 0.6) is 0 Å². The molecule has 0 heterocycles. The summed E-state index contributed by atoms with van der Waals surface area (Å²) in [7, 11) is 0. The van der Waals surface area contributed by atoms with Crippen LogP contribution in [0.2, 0.25) is 0 Å². The Morgan fingerprint density at radius 3 is 2.80 bits per heavy atom. The molecule has 0 bridgehead atoms. The van der Waals surface area contributed by atoms with Gasteiger partial charge in [0.25, 0.3) is 0 Å². The predicted octanol–water partition coefficient (Wildman–Crippen LogP) is 2.88. The molecule has 60 valence electrons. The summed E-state index contributed by atoms with van der Waals surface area (Å²) in [5.41, 5.74) is 0. The van der Waals surface area contributed by atoms with Crippen LogP contribution in [0.15, 0.2) is 10.2 Å². The summed E-state index contributed by atoms with van der Waals surface area (Å²) in [5.74, 6) is 0. The number of halogens is 1. The summed E-state index contributed by atoms with van der Waals surface area (Å²) in [6, 6.07) is 0. The van der Waals surface area contributed by atoms with Gasteiger partial charge in [0.05, 0.1) is 6.10 Å². The van der Waals surface area contributed by atoms with Crippen molar-refractivity contribution in [3.8, 4) is 0 Å². The second-order valence-electron chi connectivity index (χ2n) is 2.39. The van der Waals surface area contributed by atoms with E-state index in [2.05, 4.69) is 29.5 Å². The van der Waals surface area contributed by atoms with E-state index in [1.54, 1.807) is 0 Å². The Labute approximate surface area is 76.7 Å². The van der Waals surface area contributed by atoms with Crippen LogP contribution in [0, 0.1) is 0 Å². The average Bonchev–Trinajstić information content (AvgIpc) is 1.97. The second kappa shape index (κ2) is 7.54. The zero-order valence-electron chi connectivity index (χ0n) is 6.39. The molecule has 0 spiro atoms. The van der Waals surface area contributed by atoms with Crippen LogP contribution >= 0.6 is 22.6 Å². The Bertz CT molecular complexity index is 91.3. The fraction of sp³-hybridized carbons (Fsp3) is 0.750. The summed E-state index contributed by atoms with van der Waals surface area (Å²) < 4.78 is 1.95. The van der Waals surface area contributed by atoms with E-state index in [1.807, 2.05) is 10.2 Å². The number of hydrogen-bond acceptors (Lipinski definition) is 1. The molecule has 0 radical (unpaired) electrons. The molecule has 0 saturated carbocycles. The molecule has 0 aromatic heterocycles. The number of unbranched alkanes of at least 4 members (excludes halogenated alkanes) is 1. The highest BCUT2D eigenvalue weighted by Gasteiger charge is 1.98. The SMILES string of the molecule is CCCCC(O)C/C=C/I. The Morgan fingerprint density at radius 1 is 1.60 bits per heavy atom. The van der Waals surface area contributed by atoms with E-state index < -0.39 is 0 Å². The lowest BCUT2D eigenvalue weighted by Gasteiger charge is -2.04. The lowest BCUT2D eigenvalue weighted by atomic mass is 10.1. The highest BCUT2D eigenvalue weighted by Crippen LogP contribution is 2.05. The van der Waals surface area contributed by atoms with Crippen LogP contribution in [-0.2, 0) is 0 Å². The lowest BCUT2D eigenvalue weighted by Crippen LogP contribution is -2.03. The van der Waals surface area contributed by atoms with Gasteiger partial charge in [-0.2, -0.15) is 0 Å². The Hall–Kier alpha value is 0.430. The fourth-order valence-corrected chi connectivity index (χ4v) is 1.06. The molecule has 0 aliphatic heterocycles. The van der Waals surface area contributed by atoms with Crippen molar-refractivity contribution in [2.75, 3.05) is 0 Å². The minimum absolute atomic E-state index is 0.119. The second-order valence-corrected chi connectivity index (χ2v) is 3.11. The summed E-state index contributed by atoms with van der Waals surface area (Å²) in [5, 5.41) is 9.26. The number of aliphatic hydroxyl groups excluding tert-OH is 1. The van der Waals surface area contributed by atoms with E-state index in [1.165, 1.54) is 6.42 Å². The van der Waals surface area contributed by atoms with Crippen molar-refractivity contribution in [1.82, 2.24) is 0 Å². The molecule has 0 rings (SSSR count). The molecule has 1 N–H and O–H groups in total. The third kappa shape index (κ3) is 6.55. The molecule has 0 aliphatic rings. The van der Waals surface area contributed by atoms with Gasteiger partial charge in [0, 0.05) is 0 Å². The molecule has 10 heavy (non-hydrogen) atoms. The van der Waals surface area contributed by atoms with E-state index in [0.29, 0.717) is 0 Å². The maximum absolute atomic E-state index is 9.26. The molecular weight excluding hydrogens is 239 g/mol. The third-order valence-corrected chi connectivity index (χ3v) is 1.90. The summed E-state index contributed by atoms with van der Waals surface area (Å²) in [6.45, 7) is 2.14. The van der Waals surface area contributed by atoms with E-state index in [-0.39, 0.29) is 6.10 Å². The highest BCUT2D eigenvalue weighted by atomic mass is 127. The third-order valence-electron chi connectivity index (χ3n) is 1.39. The van der Waals surface area contributed by atoms with E-state index in [9.17, 15) is 5.11 Å². The van der Waals surface area contributed by atoms with Gasteiger partial charge in [0.2, 0.25) is 0 Å². The fourth-order valence-electron chi connectivity index (χ4n) is 0.766. The Balaban J connectivity index is 3.16. The molecule has 0 saturated heterocycles. The van der Waals surface area contributed by atoms with Gasteiger partial charge in [-0.25, -0.2) is 0 Å². The van der Waals surface area contributed by atoms with Gasteiger partial charge in [0.1, 0.15) is 0 Å². The van der Waals surface area contributed by atoms with Gasteiger partial charge in [-0.15, -0.1) is 0 Å². The summed E-state index contributed by atoms with van der Waals surface area (Å²) in [4.78, 5) is 0. The number of hydrogen-bond donors (Lipinski definition) is 1. The minimum Gasteiger partial charge on any atom is -0.393 e. The molecule has 1 nitrogen and oxygen atoms in total. The topological polar surface area (TPSA) is 20.2 Å². The van der Waals surface area contributed by atoms with Crippen molar-refractivity contribution in [3.63, 3.8) is 0 Å². The zero-order chi connectivity index (χ0) is 7.82. The molecule has 0 amide bonds. The standard InChI is InChI=1S/C8H15IO/c1-2-3-5-8(10)6-4-7-9/h4,7-8,10H,2-3,5-6H2,1H3/b7-4+. The van der Waals surface area contributed by atoms with Crippen LogP contribution in [0.1, 0.15) is 32.6 Å². The first-order valence-electron chi connectivity index (χ1n) is 3.74. The van der Waals surface area contributed by atoms with E-state index >= 15 is 0 Å². The van der Waals surface area contributed by atoms with Crippen LogP contribution in [-0.4, -0.2) is 11.2 Å². The van der Waals surface area contributed by atoms with Gasteiger partial charge in [-0.05, 0) is 16.9 Å². The maximum atomic E-state index is 9.26. The summed E-state index contributed by atoms with van der Waals surface area (Å²) in [6.07, 6.45) is 5.94. The van der Waals surface area contributed by atoms with Crippen LogP contribution in [0.25, 0.3) is 0 Å². The van der Waals surface area contributed by atoms with Crippen LogP contribution in [0.4, 0.5) is 0 Å². The first kappa shape index (κ1) is 10.4.